The molecule has 0 aromatic heterocycles. The van der Waals surface area contributed by atoms with Crippen LogP contribution in [0.15, 0.2) is 4.99 Å². The zero-order valence-corrected chi connectivity index (χ0v) is 19.0. The van der Waals surface area contributed by atoms with Crippen molar-refractivity contribution in [3.05, 3.63) is 0 Å². The van der Waals surface area contributed by atoms with Gasteiger partial charge in [0.05, 0.1) is 0 Å². The summed E-state index contributed by atoms with van der Waals surface area (Å²) in [7, 11) is 5.87. The standard InChI is InChI=1S/C17H32F3N5O.HI/c1-14(17(18,19)20)24-7-9-25(10-8-24)15(21-2)22-13-16(23(3)4)5-11-26-12-6-16;/h14H,5-13H2,1-4H3,(H,21,22);1H. The summed E-state index contributed by atoms with van der Waals surface area (Å²) in [5, 5.41) is 3.44. The molecule has 2 aliphatic rings. The molecule has 0 aliphatic carbocycles. The monoisotopic (exact) mass is 507 g/mol. The minimum atomic E-state index is -4.18. The predicted molar refractivity (Wildman–Crippen MR) is 112 cm³/mol. The summed E-state index contributed by atoms with van der Waals surface area (Å²) in [6, 6.07) is -1.40. The molecule has 2 saturated heterocycles. The van der Waals surface area contributed by atoms with Crippen molar-refractivity contribution >= 4 is 29.9 Å². The molecule has 0 bridgehead atoms. The molecule has 0 amide bonds. The van der Waals surface area contributed by atoms with Crippen molar-refractivity contribution in [2.24, 2.45) is 4.99 Å². The molecule has 160 valence electrons. The Labute approximate surface area is 177 Å². The molecule has 1 N–H and O–H groups in total. The van der Waals surface area contributed by atoms with Gasteiger partial charge in [-0.1, -0.05) is 0 Å². The van der Waals surface area contributed by atoms with Gasteiger partial charge in [-0.3, -0.25) is 9.89 Å². The third-order valence-corrected chi connectivity index (χ3v) is 5.79. The molecule has 0 radical (unpaired) electrons. The summed E-state index contributed by atoms with van der Waals surface area (Å²) >= 11 is 0. The number of halogens is 4. The molecular formula is C17H33F3IN5O. The summed E-state index contributed by atoms with van der Waals surface area (Å²) in [6.45, 7) is 5.31. The first-order chi connectivity index (χ1) is 12.2. The van der Waals surface area contributed by atoms with Crippen LogP contribution >= 0.6 is 24.0 Å². The van der Waals surface area contributed by atoms with Crippen LogP contribution in [0, 0.1) is 0 Å². The topological polar surface area (TPSA) is 43.3 Å². The molecule has 1 atom stereocenters. The first kappa shape index (κ1) is 24.7. The lowest BCUT2D eigenvalue weighted by atomic mass is 9.88. The molecule has 27 heavy (non-hydrogen) atoms. The van der Waals surface area contributed by atoms with E-state index >= 15 is 0 Å². The van der Waals surface area contributed by atoms with Crippen LogP contribution in [0.4, 0.5) is 13.2 Å². The first-order valence-corrected chi connectivity index (χ1v) is 9.21. The van der Waals surface area contributed by atoms with Gasteiger partial charge in [-0.05, 0) is 33.9 Å². The fourth-order valence-electron chi connectivity index (χ4n) is 3.64. The maximum Gasteiger partial charge on any atom is 0.403 e. The Morgan fingerprint density at radius 2 is 1.74 bits per heavy atom. The van der Waals surface area contributed by atoms with Gasteiger partial charge in [0.2, 0.25) is 0 Å². The van der Waals surface area contributed by atoms with Crippen LogP contribution in [0.25, 0.3) is 0 Å². The summed E-state index contributed by atoms with van der Waals surface area (Å²) in [5.74, 6) is 0.761. The second-order valence-electron chi connectivity index (χ2n) is 7.37. The van der Waals surface area contributed by atoms with Crippen molar-refractivity contribution in [3.8, 4) is 0 Å². The third-order valence-electron chi connectivity index (χ3n) is 5.79. The molecule has 10 heteroatoms. The van der Waals surface area contributed by atoms with E-state index in [2.05, 4.69) is 29.3 Å². The van der Waals surface area contributed by atoms with E-state index in [1.165, 1.54) is 11.8 Å². The zero-order valence-electron chi connectivity index (χ0n) is 16.7. The summed E-state index contributed by atoms with van der Waals surface area (Å²) in [5.41, 5.74) is 0.0147. The van der Waals surface area contributed by atoms with Crippen molar-refractivity contribution < 1.29 is 17.9 Å². The molecule has 2 heterocycles. The highest BCUT2D eigenvalue weighted by atomic mass is 127. The minimum Gasteiger partial charge on any atom is -0.381 e. The molecule has 0 aromatic rings. The Bertz CT molecular complexity index is 476. The Kier molecular flexibility index (Phi) is 9.56. The van der Waals surface area contributed by atoms with Gasteiger partial charge < -0.3 is 19.9 Å². The predicted octanol–water partition coefficient (Wildman–Crippen LogP) is 1.86. The van der Waals surface area contributed by atoms with Crippen LogP contribution in [0.5, 0.6) is 0 Å². The van der Waals surface area contributed by atoms with E-state index in [9.17, 15) is 13.2 Å². The number of aliphatic imine (C=N–C) groups is 1. The lowest BCUT2D eigenvalue weighted by Crippen LogP contribution is -2.60. The maximum absolute atomic E-state index is 12.9. The average Bonchev–Trinajstić information content (AvgIpc) is 2.62. The molecule has 2 aliphatic heterocycles. The van der Waals surface area contributed by atoms with Gasteiger partial charge in [-0.2, -0.15) is 13.2 Å². The van der Waals surface area contributed by atoms with E-state index in [-0.39, 0.29) is 29.5 Å². The minimum absolute atomic E-state index is 0. The fraction of sp³-hybridized carbons (Fsp3) is 0.941. The summed E-state index contributed by atoms with van der Waals surface area (Å²) in [6.07, 6.45) is -2.29. The van der Waals surface area contributed by atoms with Crippen molar-refractivity contribution in [3.63, 3.8) is 0 Å². The van der Waals surface area contributed by atoms with Crippen LogP contribution in [0.2, 0.25) is 0 Å². The van der Waals surface area contributed by atoms with E-state index in [1.807, 2.05) is 4.90 Å². The summed E-state index contributed by atoms with van der Waals surface area (Å²) in [4.78, 5) is 10.1. The molecule has 0 aromatic carbocycles. The van der Waals surface area contributed by atoms with Crippen molar-refractivity contribution in [2.45, 2.75) is 37.5 Å². The maximum atomic E-state index is 12.9. The summed E-state index contributed by atoms with van der Waals surface area (Å²) < 4.78 is 44.2. The number of nitrogens with one attached hydrogen (secondary N) is 1. The molecule has 2 rings (SSSR count). The van der Waals surface area contributed by atoms with Crippen LogP contribution in [-0.4, -0.2) is 105 Å². The quantitative estimate of drug-likeness (QED) is 0.358. The lowest BCUT2D eigenvalue weighted by molar-refractivity contribution is -0.181. The molecule has 1 unspecified atom stereocenters. The Morgan fingerprint density at radius 3 is 2.19 bits per heavy atom. The molecule has 0 saturated carbocycles. The third kappa shape index (κ3) is 6.33. The number of rotatable bonds is 4. The lowest BCUT2D eigenvalue weighted by Gasteiger charge is -2.44. The molecule has 2 fully saturated rings. The van der Waals surface area contributed by atoms with E-state index < -0.39 is 12.2 Å². The Morgan fingerprint density at radius 1 is 1.19 bits per heavy atom. The van der Waals surface area contributed by atoms with Gasteiger partial charge in [0, 0.05) is 58.5 Å². The zero-order chi connectivity index (χ0) is 19.4. The number of ether oxygens (including phenoxy) is 1. The molecular weight excluding hydrogens is 474 g/mol. The normalized spacial score (nSPS) is 23.1. The Hall–Kier alpha value is -0.330. The van der Waals surface area contributed by atoms with Crippen molar-refractivity contribution in [1.29, 1.82) is 0 Å². The van der Waals surface area contributed by atoms with Gasteiger partial charge >= 0.3 is 6.18 Å². The van der Waals surface area contributed by atoms with Gasteiger partial charge in [0.1, 0.15) is 6.04 Å². The van der Waals surface area contributed by atoms with Gasteiger partial charge in [-0.15, -0.1) is 24.0 Å². The second-order valence-corrected chi connectivity index (χ2v) is 7.37. The van der Waals surface area contributed by atoms with Crippen LogP contribution in [0.3, 0.4) is 0 Å². The van der Waals surface area contributed by atoms with E-state index in [4.69, 9.17) is 4.74 Å². The largest absolute Gasteiger partial charge is 0.403 e. The Balaban J connectivity index is 0.00000364. The SMILES string of the molecule is CN=C(NCC1(N(C)C)CCOCC1)N1CCN(C(C)C(F)(F)F)CC1.I. The average molecular weight is 507 g/mol. The molecule has 0 spiro atoms. The van der Waals surface area contributed by atoms with Crippen molar-refractivity contribution in [2.75, 3.05) is 67.1 Å². The first-order valence-electron chi connectivity index (χ1n) is 9.21. The smallest absolute Gasteiger partial charge is 0.381 e. The highest BCUT2D eigenvalue weighted by Crippen LogP contribution is 2.26. The highest BCUT2D eigenvalue weighted by Gasteiger charge is 2.41. The van der Waals surface area contributed by atoms with Crippen LogP contribution in [-0.2, 0) is 4.74 Å². The highest BCUT2D eigenvalue weighted by molar-refractivity contribution is 14.0. The number of nitrogens with zero attached hydrogens (tertiary/aromatic N) is 4. The van der Waals surface area contributed by atoms with Crippen LogP contribution in [0.1, 0.15) is 19.8 Å². The van der Waals surface area contributed by atoms with Gasteiger partial charge in [0.15, 0.2) is 5.96 Å². The van der Waals surface area contributed by atoms with Gasteiger partial charge in [-0.25, -0.2) is 0 Å². The fourth-order valence-corrected chi connectivity index (χ4v) is 3.64. The number of likely N-dealkylation sites (N-methyl/N-ethyl adjacent to an activating group) is 1. The van der Waals surface area contributed by atoms with E-state index in [0.717, 1.165) is 38.6 Å². The number of hydrogen-bond acceptors (Lipinski definition) is 4. The van der Waals surface area contributed by atoms with Crippen molar-refractivity contribution in [1.82, 2.24) is 20.0 Å². The van der Waals surface area contributed by atoms with Gasteiger partial charge in [0.25, 0.3) is 0 Å². The molecule has 6 nitrogen and oxygen atoms in total. The second kappa shape index (κ2) is 10.4. The number of hydrogen-bond donors (Lipinski definition) is 1. The number of alkyl halides is 3. The number of piperazine rings is 1. The van der Waals surface area contributed by atoms with E-state index in [1.54, 1.807) is 7.05 Å². The van der Waals surface area contributed by atoms with Crippen LogP contribution < -0.4 is 5.32 Å². The van der Waals surface area contributed by atoms with E-state index in [0.29, 0.717) is 26.2 Å². The number of guanidine groups is 1.